The summed E-state index contributed by atoms with van der Waals surface area (Å²) in [5.41, 5.74) is 2.09. The van der Waals surface area contributed by atoms with Crippen LogP contribution >= 0.6 is 0 Å². The standard InChI is InChI=1S/C22H24N4O3/c1-14-10-16(11-15-6-5-9-24-18(14)15)22(7-3-4-8-22)13-26-12-17(27)20(28)19(25-26)21(29)23-2/h5-6,9-12,27H,3-4,7-8,13H2,1-2H3,(H,23,29). The van der Waals surface area contributed by atoms with E-state index >= 15 is 0 Å². The number of hydrogen-bond acceptors (Lipinski definition) is 5. The largest absolute Gasteiger partial charge is 0.503 e. The Kier molecular flexibility index (Phi) is 4.82. The van der Waals surface area contributed by atoms with E-state index < -0.39 is 17.1 Å². The van der Waals surface area contributed by atoms with Gasteiger partial charge in [0.05, 0.1) is 18.3 Å². The summed E-state index contributed by atoms with van der Waals surface area (Å²) in [7, 11) is 1.43. The zero-order valence-electron chi connectivity index (χ0n) is 16.6. The number of benzene rings is 1. The number of nitrogens with zero attached hydrogens (tertiary/aromatic N) is 3. The highest BCUT2D eigenvalue weighted by molar-refractivity contribution is 5.92. The van der Waals surface area contributed by atoms with Gasteiger partial charge in [-0.15, -0.1) is 0 Å². The van der Waals surface area contributed by atoms with Crippen LogP contribution in [0.5, 0.6) is 5.75 Å². The maximum atomic E-state index is 12.1. The predicted molar refractivity (Wildman–Crippen MR) is 110 cm³/mol. The molecule has 0 saturated heterocycles. The molecule has 0 aliphatic heterocycles. The average molecular weight is 392 g/mol. The quantitative estimate of drug-likeness (QED) is 0.711. The van der Waals surface area contributed by atoms with Gasteiger partial charge in [0, 0.05) is 24.0 Å². The van der Waals surface area contributed by atoms with E-state index in [2.05, 4.69) is 40.5 Å². The van der Waals surface area contributed by atoms with E-state index in [1.807, 2.05) is 6.07 Å². The highest BCUT2D eigenvalue weighted by Gasteiger charge is 2.37. The number of aryl methyl sites for hydroxylation is 1. The van der Waals surface area contributed by atoms with Gasteiger partial charge in [-0.3, -0.25) is 19.3 Å². The van der Waals surface area contributed by atoms with Crippen molar-refractivity contribution in [3.63, 3.8) is 0 Å². The fourth-order valence-electron chi connectivity index (χ4n) is 4.45. The Hall–Kier alpha value is -3.22. The Bertz CT molecular complexity index is 1150. The summed E-state index contributed by atoms with van der Waals surface area (Å²) >= 11 is 0. The number of rotatable bonds is 4. The molecule has 1 aliphatic rings. The van der Waals surface area contributed by atoms with Crippen LogP contribution in [0.1, 0.15) is 47.3 Å². The molecule has 7 heteroatoms. The van der Waals surface area contributed by atoms with E-state index in [9.17, 15) is 14.7 Å². The van der Waals surface area contributed by atoms with E-state index in [4.69, 9.17) is 0 Å². The van der Waals surface area contributed by atoms with Gasteiger partial charge < -0.3 is 10.4 Å². The molecule has 0 bridgehead atoms. The lowest BCUT2D eigenvalue weighted by atomic mass is 9.77. The molecule has 3 aromatic rings. The van der Waals surface area contributed by atoms with Gasteiger partial charge in [0.25, 0.3) is 11.3 Å². The molecule has 150 valence electrons. The molecule has 29 heavy (non-hydrogen) atoms. The van der Waals surface area contributed by atoms with Crippen molar-refractivity contribution in [3.05, 3.63) is 63.7 Å². The second-order valence-corrected chi connectivity index (χ2v) is 7.82. The molecule has 2 heterocycles. The maximum Gasteiger partial charge on any atom is 0.275 e. The van der Waals surface area contributed by atoms with Crippen LogP contribution in [0.4, 0.5) is 0 Å². The Balaban J connectivity index is 1.81. The number of nitrogens with one attached hydrogen (secondary N) is 1. The van der Waals surface area contributed by atoms with Crippen molar-refractivity contribution in [2.24, 2.45) is 0 Å². The molecule has 2 N–H and O–H groups in total. The lowest BCUT2D eigenvalue weighted by Gasteiger charge is -2.31. The van der Waals surface area contributed by atoms with Gasteiger partial charge >= 0.3 is 0 Å². The molecule has 0 unspecified atom stereocenters. The molecule has 0 radical (unpaired) electrons. The summed E-state index contributed by atoms with van der Waals surface area (Å²) in [5.74, 6) is -1.07. The molecule has 1 aromatic carbocycles. The Morgan fingerprint density at radius 2 is 2.07 bits per heavy atom. The zero-order valence-corrected chi connectivity index (χ0v) is 16.6. The number of amides is 1. The molecule has 1 aliphatic carbocycles. The minimum Gasteiger partial charge on any atom is -0.503 e. The average Bonchev–Trinajstić information content (AvgIpc) is 3.19. The second kappa shape index (κ2) is 7.31. The number of carbonyl (C=O) groups is 1. The van der Waals surface area contributed by atoms with Crippen LogP contribution in [0.3, 0.4) is 0 Å². The Morgan fingerprint density at radius 3 is 2.79 bits per heavy atom. The lowest BCUT2D eigenvalue weighted by molar-refractivity contribution is 0.0953. The van der Waals surface area contributed by atoms with Gasteiger partial charge in [-0.25, -0.2) is 0 Å². The molecular formula is C22H24N4O3. The maximum absolute atomic E-state index is 12.1. The second-order valence-electron chi connectivity index (χ2n) is 7.82. The van der Waals surface area contributed by atoms with Crippen molar-refractivity contribution >= 4 is 16.8 Å². The lowest BCUT2D eigenvalue weighted by Crippen LogP contribution is -2.33. The first-order chi connectivity index (χ1) is 13.9. The topological polar surface area (TPSA) is 97.1 Å². The van der Waals surface area contributed by atoms with Crippen molar-refractivity contribution in [3.8, 4) is 5.75 Å². The predicted octanol–water partition coefficient (Wildman–Crippen LogP) is 2.68. The number of fused-ring (bicyclic) bond motifs is 1. The summed E-state index contributed by atoms with van der Waals surface area (Å²) in [6.07, 6.45) is 7.26. The van der Waals surface area contributed by atoms with Gasteiger partial charge in [0.2, 0.25) is 0 Å². The SMILES string of the molecule is CNC(=O)c1nn(CC2(c3cc(C)c4ncccc4c3)CCCC2)cc(O)c1=O. The van der Waals surface area contributed by atoms with Gasteiger partial charge in [0.1, 0.15) is 0 Å². The van der Waals surface area contributed by atoms with E-state index in [1.54, 1.807) is 6.20 Å². The highest BCUT2D eigenvalue weighted by atomic mass is 16.3. The van der Waals surface area contributed by atoms with Crippen molar-refractivity contribution < 1.29 is 9.90 Å². The van der Waals surface area contributed by atoms with Gasteiger partial charge in [-0.05, 0) is 43.0 Å². The molecular weight excluding hydrogens is 368 g/mol. The van der Waals surface area contributed by atoms with Crippen LogP contribution in [0.15, 0.2) is 41.5 Å². The molecule has 7 nitrogen and oxygen atoms in total. The summed E-state index contributed by atoms with van der Waals surface area (Å²) in [6.45, 7) is 2.55. The molecule has 1 saturated carbocycles. The van der Waals surface area contributed by atoms with Crippen LogP contribution in [-0.2, 0) is 12.0 Å². The van der Waals surface area contributed by atoms with Gasteiger partial charge in [0.15, 0.2) is 11.4 Å². The highest BCUT2D eigenvalue weighted by Crippen LogP contribution is 2.43. The first-order valence-corrected chi connectivity index (χ1v) is 9.82. The van der Waals surface area contributed by atoms with Crippen LogP contribution < -0.4 is 10.7 Å². The molecule has 1 amide bonds. The third-order valence-corrected chi connectivity index (χ3v) is 5.92. The number of aromatic nitrogens is 3. The summed E-state index contributed by atoms with van der Waals surface area (Å²) < 4.78 is 1.54. The number of hydrogen-bond donors (Lipinski definition) is 2. The van der Waals surface area contributed by atoms with E-state index in [-0.39, 0.29) is 11.1 Å². The minimum absolute atomic E-state index is 0.177. The van der Waals surface area contributed by atoms with Gasteiger partial charge in [-0.1, -0.05) is 25.0 Å². The number of aromatic hydroxyl groups is 1. The first kappa shape index (κ1) is 19.1. The normalized spacial score (nSPS) is 15.5. The van der Waals surface area contributed by atoms with E-state index in [0.717, 1.165) is 42.1 Å². The van der Waals surface area contributed by atoms with Crippen molar-refractivity contribution in [2.75, 3.05) is 7.05 Å². The fraction of sp³-hybridized carbons (Fsp3) is 0.364. The molecule has 0 spiro atoms. The molecule has 2 aromatic heterocycles. The Labute approximate surface area is 168 Å². The minimum atomic E-state index is -0.756. The van der Waals surface area contributed by atoms with Crippen LogP contribution in [0.2, 0.25) is 0 Å². The van der Waals surface area contributed by atoms with Crippen LogP contribution in [0, 0.1) is 6.92 Å². The first-order valence-electron chi connectivity index (χ1n) is 9.82. The van der Waals surface area contributed by atoms with Crippen molar-refractivity contribution in [1.29, 1.82) is 0 Å². The number of pyridine rings is 1. The van der Waals surface area contributed by atoms with Crippen LogP contribution in [-0.4, -0.2) is 32.8 Å². The van der Waals surface area contributed by atoms with E-state index in [1.165, 1.54) is 23.5 Å². The summed E-state index contributed by atoms with van der Waals surface area (Å²) in [5, 5.41) is 17.8. The monoisotopic (exact) mass is 392 g/mol. The van der Waals surface area contributed by atoms with Crippen LogP contribution in [0.25, 0.3) is 10.9 Å². The smallest absolute Gasteiger partial charge is 0.275 e. The summed E-state index contributed by atoms with van der Waals surface area (Å²) in [6, 6.07) is 8.36. The molecule has 0 atom stereocenters. The van der Waals surface area contributed by atoms with Crippen molar-refractivity contribution in [1.82, 2.24) is 20.1 Å². The van der Waals surface area contributed by atoms with E-state index in [0.29, 0.717) is 6.54 Å². The third kappa shape index (κ3) is 3.37. The fourth-order valence-corrected chi connectivity index (χ4v) is 4.45. The molecule has 1 fully saturated rings. The summed E-state index contributed by atoms with van der Waals surface area (Å²) in [4.78, 5) is 28.6. The number of carbonyl (C=O) groups excluding carboxylic acids is 1. The van der Waals surface area contributed by atoms with Gasteiger partial charge in [-0.2, -0.15) is 5.10 Å². The molecule has 4 rings (SSSR count). The third-order valence-electron chi connectivity index (χ3n) is 5.92. The Morgan fingerprint density at radius 1 is 1.31 bits per heavy atom. The zero-order chi connectivity index (χ0) is 20.6. The van der Waals surface area contributed by atoms with Crippen molar-refractivity contribution in [2.45, 2.75) is 44.6 Å².